The first-order chi connectivity index (χ1) is 10.5. The summed E-state index contributed by atoms with van der Waals surface area (Å²) in [7, 11) is 0. The Kier molecular flexibility index (Phi) is 4.75. The summed E-state index contributed by atoms with van der Waals surface area (Å²) in [6, 6.07) is 15.3. The number of amides is 1. The summed E-state index contributed by atoms with van der Waals surface area (Å²) in [4.78, 5) is 12.3. The van der Waals surface area contributed by atoms with Gasteiger partial charge in [0.25, 0.3) is 5.91 Å². The third-order valence-electron chi connectivity index (χ3n) is 3.71. The average molecular weight is 290 g/mol. The number of hydrogen-bond donors (Lipinski definition) is 1. The molecule has 0 heterocycles. The molecule has 1 N–H and O–H groups in total. The molecule has 1 amide bonds. The Morgan fingerprint density at radius 2 is 1.73 bits per heavy atom. The molecule has 0 aliphatic rings. The summed E-state index contributed by atoms with van der Waals surface area (Å²) in [6.07, 6.45) is 1.62. The van der Waals surface area contributed by atoms with Crippen molar-refractivity contribution in [2.24, 2.45) is 0 Å². The average Bonchev–Trinajstić information content (AvgIpc) is 2.51. The van der Waals surface area contributed by atoms with Gasteiger partial charge < -0.3 is 5.32 Å². The largest absolute Gasteiger partial charge is 0.321 e. The molecule has 0 bridgehead atoms. The van der Waals surface area contributed by atoms with Crippen LogP contribution in [-0.2, 0) is 4.79 Å². The van der Waals surface area contributed by atoms with Gasteiger partial charge in [-0.1, -0.05) is 36.4 Å². The molecule has 3 heteroatoms. The van der Waals surface area contributed by atoms with Crippen LogP contribution in [0.25, 0.3) is 6.08 Å². The van der Waals surface area contributed by atoms with E-state index >= 15 is 0 Å². The molecule has 0 aromatic heterocycles. The van der Waals surface area contributed by atoms with Crippen molar-refractivity contribution in [2.75, 3.05) is 5.32 Å². The number of nitrogens with one attached hydrogen (secondary N) is 1. The first-order valence-corrected chi connectivity index (χ1v) is 7.08. The van der Waals surface area contributed by atoms with E-state index in [-0.39, 0.29) is 11.5 Å². The highest BCUT2D eigenvalue weighted by Crippen LogP contribution is 2.19. The first-order valence-electron chi connectivity index (χ1n) is 7.08. The SMILES string of the molecule is Cc1ccccc1/C=C(\C#N)C(=O)Nc1cccc(C)c1C. The van der Waals surface area contributed by atoms with Crippen molar-refractivity contribution in [1.29, 1.82) is 5.26 Å². The standard InChI is InChI=1S/C19H18N2O/c1-13-8-6-10-18(15(13)3)21-19(22)17(12-20)11-16-9-5-4-7-14(16)2/h4-11H,1-3H3,(H,21,22)/b17-11+. The summed E-state index contributed by atoms with van der Waals surface area (Å²) < 4.78 is 0. The zero-order valence-electron chi connectivity index (χ0n) is 13.0. The van der Waals surface area contributed by atoms with Crippen LogP contribution in [0.5, 0.6) is 0 Å². The van der Waals surface area contributed by atoms with Crippen LogP contribution in [-0.4, -0.2) is 5.91 Å². The number of benzene rings is 2. The third-order valence-corrected chi connectivity index (χ3v) is 3.71. The predicted octanol–water partition coefficient (Wildman–Crippen LogP) is 4.16. The van der Waals surface area contributed by atoms with Crippen molar-refractivity contribution in [3.05, 3.63) is 70.3 Å². The lowest BCUT2D eigenvalue weighted by Gasteiger charge is -2.10. The molecule has 0 aliphatic carbocycles. The Morgan fingerprint density at radius 3 is 2.41 bits per heavy atom. The minimum Gasteiger partial charge on any atom is -0.321 e. The molecule has 0 atom stereocenters. The van der Waals surface area contributed by atoms with Crippen LogP contribution in [0.15, 0.2) is 48.0 Å². The minimum atomic E-state index is -0.389. The third kappa shape index (κ3) is 3.42. The molecule has 0 saturated heterocycles. The molecule has 0 saturated carbocycles. The molecule has 3 nitrogen and oxygen atoms in total. The highest BCUT2D eigenvalue weighted by molar-refractivity contribution is 6.10. The fourth-order valence-electron chi connectivity index (χ4n) is 2.13. The lowest BCUT2D eigenvalue weighted by molar-refractivity contribution is -0.112. The molecule has 0 radical (unpaired) electrons. The highest BCUT2D eigenvalue weighted by atomic mass is 16.1. The fraction of sp³-hybridized carbons (Fsp3) is 0.158. The quantitative estimate of drug-likeness (QED) is 0.681. The van der Waals surface area contributed by atoms with Gasteiger partial charge in [-0.2, -0.15) is 5.26 Å². The van der Waals surface area contributed by atoms with E-state index in [1.165, 1.54) is 0 Å². The Balaban J connectivity index is 2.29. The zero-order chi connectivity index (χ0) is 16.1. The molecule has 2 aromatic rings. The second kappa shape index (κ2) is 6.73. The van der Waals surface area contributed by atoms with Crippen LogP contribution < -0.4 is 5.32 Å². The number of anilines is 1. The molecule has 110 valence electrons. The highest BCUT2D eigenvalue weighted by Gasteiger charge is 2.11. The molecule has 0 aliphatic heterocycles. The van der Waals surface area contributed by atoms with Crippen molar-refractivity contribution in [3.8, 4) is 6.07 Å². The van der Waals surface area contributed by atoms with Gasteiger partial charge in [0, 0.05) is 5.69 Å². The topological polar surface area (TPSA) is 52.9 Å². The van der Waals surface area contributed by atoms with Gasteiger partial charge in [0.2, 0.25) is 0 Å². The van der Waals surface area contributed by atoms with Crippen molar-refractivity contribution in [2.45, 2.75) is 20.8 Å². The van der Waals surface area contributed by atoms with E-state index in [9.17, 15) is 10.1 Å². The van der Waals surface area contributed by atoms with Crippen molar-refractivity contribution in [3.63, 3.8) is 0 Å². The summed E-state index contributed by atoms with van der Waals surface area (Å²) in [5, 5.41) is 12.1. The van der Waals surface area contributed by atoms with Gasteiger partial charge in [0.05, 0.1) is 0 Å². The summed E-state index contributed by atoms with van der Waals surface area (Å²) >= 11 is 0. The Bertz CT molecular complexity index is 782. The summed E-state index contributed by atoms with van der Waals surface area (Å²) in [6.45, 7) is 5.88. The van der Waals surface area contributed by atoms with E-state index < -0.39 is 0 Å². The van der Waals surface area contributed by atoms with E-state index in [0.717, 1.165) is 27.9 Å². The van der Waals surface area contributed by atoms with Gasteiger partial charge in [-0.05, 0) is 55.2 Å². The van der Waals surface area contributed by atoms with Gasteiger partial charge in [-0.25, -0.2) is 0 Å². The summed E-state index contributed by atoms with van der Waals surface area (Å²) in [5.74, 6) is -0.389. The number of nitrogens with zero attached hydrogens (tertiary/aromatic N) is 1. The number of nitriles is 1. The van der Waals surface area contributed by atoms with Crippen LogP contribution in [0.3, 0.4) is 0 Å². The number of rotatable bonds is 3. The second-order valence-electron chi connectivity index (χ2n) is 5.23. The van der Waals surface area contributed by atoms with Crippen LogP contribution in [0.4, 0.5) is 5.69 Å². The van der Waals surface area contributed by atoms with Crippen LogP contribution in [0.2, 0.25) is 0 Å². The number of carbonyl (C=O) groups is 1. The van der Waals surface area contributed by atoms with E-state index in [0.29, 0.717) is 0 Å². The van der Waals surface area contributed by atoms with Crippen molar-refractivity contribution < 1.29 is 4.79 Å². The van der Waals surface area contributed by atoms with Gasteiger partial charge in [-0.15, -0.1) is 0 Å². The minimum absolute atomic E-state index is 0.0928. The molecule has 22 heavy (non-hydrogen) atoms. The van der Waals surface area contributed by atoms with Crippen LogP contribution in [0, 0.1) is 32.1 Å². The van der Waals surface area contributed by atoms with Crippen LogP contribution in [0.1, 0.15) is 22.3 Å². The lowest BCUT2D eigenvalue weighted by Crippen LogP contribution is -2.14. The number of carbonyl (C=O) groups excluding carboxylic acids is 1. The Hall–Kier alpha value is -2.86. The molecule has 0 fully saturated rings. The number of hydrogen-bond acceptors (Lipinski definition) is 2. The number of aryl methyl sites for hydroxylation is 2. The lowest BCUT2D eigenvalue weighted by atomic mass is 10.1. The smallest absolute Gasteiger partial charge is 0.266 e. The Labute approximate surface area is 130 Å². The fourth-order valence-corrected chi connectivity index (χ4v) is 2.13. The molecule has 0 unspecified atom stereocenters. The van der Waals surface area contributed by atoms with Gasteiger partial charge >= 0.3 is 0 Å². The molecular weight excluding hydrogens is 272 g/mol. The van der Waals surface area contributed by atoms with E-state index in [1.807, 2.05) is 69.3 Å². The molecule has 2 aromatic carbocycles. The summed E-state index contributed by atoms with van der Waals surface area (Å²) in [5.41, 5.74) is 4.82. The van der Waals surface area contributed by atoms with E-state index in [2.05, 4.69) is 5.32 Å². The zero-order valence-corrected chi connectivity index (χ0v) is 13.0. The predicted molar refractivity (Wildman–Crippen MR) is 89.3 cm³/mol. The maximum Gasteiger partial charge on any atom is 0.266 e. The maximum atomic E-state index is 12.3. The van der Waals surface area contributed by atoms with E-state index in [1.54, 1.807) is 6.08 Å². The molecular formula is C19H18N2O. The molecule has 0 spiro atoms. The second-order valence-corrected chi connectivity index (χ2v) is 5.23. The van der Waals surface area contributed by atoms with Crippen LogP contribution >= 0.6 is 0 Å². The first kappa shape index (κ1) is 15.5. The normalized spacial score (nSPS) is 10.9. The monoisotopic (exact) mass is 290 g/mol. The van der Waals surface area contributed by atoms with E-state index in [4.69, 9.17) is 0 Å². The maximum absolute atomic E-state index is 12.3. The molecule has 2 rings (SSSR count). The van der Waals surface area contributed by atoms with Crippen molar-refractivity contribution in [1.82, 2.24) is 0 Å². The van der Waals surface area contributed by atoms with Gasteiger partial charge in [-0.3, -0.25) is 4.79 Å². The van der Waals surface area contributed by atoms with Gasteiger partial charge in [0.1, 0.15) is 11.6 Å². The van der Waals surface area contributed by atoms with Gasteiger partial charge in [0.15, 0.2) is 0 Å². The van der Waals surface area contributed by atoms with Crippen molar-refractivity contribution >= 4 is 17.7 Å². The Morgan fingerprint density at radius 1 is 1.05 bits per heavy atom.